The number of anilines is 1. The molecule has 1 atom stereocenters. The minimum Gasteiger partial charge on any atom is -0.383 e. The number of para-hydroxylation sites is 1. The van der Waals surface area contributed by atoms with E-state index < -0.39 is 10.0 Å². The van der Waals surface area contributed by atoms with Gasteiger partial charge in [0, 0.05) is 19.6 Å². The van der Waals surface area contributed by atoms with Gasteiger partial charge in [0.15, 0.2) is 0 Å². The Kier molecular flexibility index (Phi) is 4.94. The molecule has 1 aromatic carbocycles. The molecule has 0 amide bonds. The van der Waals surface area contributed by atoms with Gasteiger partial charge >= 0.3 is 0 Å². The lowest BCUT2D eigenvalue weighted by Gasteiger charge is -2.31. The number of hydrogen-bond donors (Lipinski definition) is 1. The van der Waals surface area contributed by atoms with Crippen molar-refractivity contribution in [3.63, 3.8) is 0 Å². The molecule has 6 heteroatoms. The van der Waals surface area contributed by atoms with Gasteiger partial charge in [-0.2, -0.15) is 0 Å². The van der Waals surface area contributed by atoms with Crippen molar-refractivity contribution in [3.05, 3.63) is 28.8 Å². The molecular weight excluding hydrogens is 296 g/mol. The van der Waals surface area contributed by atoms with Gasteiger partial charge in [0.1, 0.15) is 0 Å². The number of rotatable bonds is 4. The van der Waals surface area contributed by atoms with Crippen molar-refractivity contribution in [3.8, 4) is 0 Å². The predicted octanol–water partition coefficient (Wildman–Crippen LogP) is 2.73. The number of hydrogen-bond acceptors (Lipinski definition) is 3. The van der Waals surface area contributed by atoms with E-state index in [1.165, 1.54) is 6.26 Å². The number of sulfonamides is 1. The molecule has 1 aromatic rings. The van der Waals surface area contributed by atoms with Crippen LogP contribution in [-0.2, 0) is 10.0 Å². The predicted molar refractivity (Wildman–Crippen MR) is 83.8 cm³/mol. The van der Waals surface area contributed by atoms with Gasteiger partial charge in [-0.1, -0.05) is 23.7 Å². The number of benzene rings is 1. The van der Waals surface area contributed by atoms with E-state index in [9.17, 15) is 8.42 Å². The molecule has 112 valence electrons. The van der Waals surface area contributed by atoms with Crippen LogP contribution in [0.1, 0.15) is 18.4 Å². The third-order valence-corrected chi connectivity index (χ3v) is 5.32. The van der Waals surface area contributed by atoms with E-state index in [4.69, 9.17) is 11.6 Å². The van der Waals surface area contributed by atoms with Crippen molar-refractivity contribution in [1.29, 1.82) is 0 Å². The highest BCUT2D eigenvalue weighted by molar-refractivity contribution is 7.88. The first kappa shape index (κ1) is 15.6. The molecule has 4 nitrogen and oxygen atoms in total. The quantitative estimate of drug-likeness (QED) is 0.929. The first-order valence-corrected chi connectivity index (χ1v) is 9.04. The van der Waals surface area contributed by atoms with Crippen molar-refractivity contribution in [2.24, 2.45) is 5.92 Å². The van der Waals surface area contributed by atoms with E-state index in [0.29, 0.717) is 24.0 Å². The maximum atomic E-state index is 11.6. The van der Waals surface area contributed by atoms with Gasteiger partial charge < -0.3 is 5.32 Å². The molecule has 2 rings (SSSR count). The van der Waals surface area contributed by atoms with E-state index in [-0.39, 0.29) is 0 Å². The van der Waals surface area contributed by atoms with Crippen molar-refractivity contribution < 1.29 is 8.42 Å². The van der Waals surface area contributed by atoms with Crippen LogP contribution in [0, 0.1) is 12.8 Å². The Hall–Kier alpha value is -0.780. The van der Waals surface area contributed by atoms with Crippen LogP contribution in [0.4, 0.5) is 5.69 Å². The second-order valence-corrected chi connectivity index (χ2v) is 7.83. The largest absolute Gasteiger partial charge is 0.383 e. The Labute approximate surface area is 126 Å². The van der Waals surface area contributed by atoms with Crippen molar-refractivity contribution >= 4 is 27.3 Å². The second-order valence-electron chi connectivity index (χ2n) is 5.44. The van der Waals surface area contributed by atoms with Gasteiger partial charge in [-0.3, -0.25) is 0 Å². The van der Waals surface area contributed by atoms with Gasteiger partial charge in [0.25, 0.3) is 0 Å². The fraction of sp³-hybridized carbons (Fsp3) is 0.571. The molecular formula is C14H21ClN2O2S. The Balaban J connectivity index is 1.97. The zero-order valence-electron chi connectivity index (χ0n) is 11.9. The SMILES string of the molecule is Cc1cccc(Cl)c1NCC1CCCN(S(C)(=O)=O)C1. The van der Waals surface area contributed by atoms with Crippen molar-refractivity contribution in [2.75, 3.05) is 31.2 Å². The molecule has 1 aliphatic heterocycles. The fourth-order valence-corrected chi connectivity index (χ4v) is 3.83. The first-order chi connectivity index (χ1) is 9.38. The van der Waals surface area contributed by atoms with E-state index in [2.05, 4.69) is 5.32 Å². The molecule has 1 saturated heterocycles. The van der Waals surface area contributed by atoms with Crippen molar-refractivity contribution in [2.45, 2.75) is 19.8 Å². The lowest BCUT2D eigenvalue weighted by molar-refractivity contribution is 0.277. The van der Waals surface area contributed by atoms with Crippen LogP contribution in [0.25, 0.3) is 0 Å². The van der Waals surface area contributed by atoms with E-state index in [1.54, 1.807) is 4.31 Å². The molecule has 1 fully saturated rings. The molecule has 0 aromatic heterocycles. The van der Waals surface area contributed by atoms with E-state index in [1.807, 2.05) is 25.1 Å². The Morgan fingerprint density at radius 3 is 2.85 bits per heavy atom. The zero-order chi connectivity index (χ0) is 14.8. The number of nitrogens with zero attached hydrogens (tertiary/aromatic N) is 1. The molecule has 1 heterocycles. The highest BCUT2D eigenvalue weighted by atomic mass is 35.5. The summed E-state index contributed by atoms with van der Waals surface area (Å²) in [6.45, 7) is 3.99. The second kappa shape index (κ2) is 6.33. The van der Waals surface area contributed by atoms with Crippen LogP contribution < -0.4 is 5.32 Å². The van der Waals surface area contributed by atoms with E-state index in [0.717, 1.165) is 30.6 Å². The van der Waals surface area contributed by atoms with Gasteiger partial charge in [0.05, 0.1) is 17.0 Å². The molecule has 0 spiro atoms. The third kappa shape index (κ3) is 3.87. The number of nitrogens with one attached hydrogen (secondary N) is 1. The Morgan fingerprint density at radius 2 is 2.20 bits per heavy atom. The number of piperidine rings is 1. The van der Waals surface area contributed by atoms with E-state index >= 15 is 0 Å². The van der Waals surface area contributed by atoms with Gasteiger partial charge in [-0.25, -0.2) is 12.7 Å². The first-order valence-electron chi connectivity index (χ1n) is 6.82. The average molecular weight is 317 g/mol. The molecule has 0 bridgehead atoms. The maximum Gasteiger partial charge on any atom is 0.211 e. The number of aryl methyl sites for hydroxylation is 1. The fourth-order valence-electron chi connectivity index (χ4n) is 2.60. The average Bonchev–Trinajstić information content (AvgIpc) is 2.37. The van der Waals surface area contributed by atoms with Crippen LogP contribution >= 0.6 is 11.6 Å². The summed E-state index contributed by atoms with van der Waals surface area (Å²) in [7, 11) is -3.08. The van der Waals surface area contributed by atoms with Gasteiger partial charge in [-0.05, 0) is 37.3 Å². The molecule has 1 aliphatic rings. The lowest BCUT2D eigenvalue weighted by atomic mass is 9.99. The summed E-state index contributed by atoms with van der Waals surface area (Å²) in [5.74, 6) is 0.328. The third-order valence-electron chi connectivity index (χ3n) is 3.74. The molecule has 20 heavy (non-hydrogen) atoms. The van der Waals surface area contributed by atoms with Crippen molar-refractivity contribution in [1.82, 2.24) is 4.31 Å². The summed E-state index contributed by atoms with van der Waals surface area (Å²) in [5.41, 5.74) is 2.05. The Morgan fingerprint density at radius 1 is 1.45 bits per heavy atom. The standard InChI is InChI=1S/C14H21ClN2O2S/c1-11-5-3-7-13(15)14(11)16-9-12-6-4-8-17(10-12)20(2,18)19/h3,5,7,12,16H,4,6,8-10H2,1-2H3. The summed E-state index contributed by atoms with van der Waals surface area (Å²) in [5, 5.41) is 4.08. The molecule has 0 radical (unpaired) electrons. The molecule has 1 unspecified atom stereocenters. The summed E-state index contributed by atoms with van der Waals surface area (Å²) >= 11 is 6.18. The zero-order valence-corrected chi connectivity index (χ0v) is 13.5. The summed E-state index contributed by atoms with van der Waals surface area (Å²) in [6.07, 6.45) is 3.24. The minimum atomic E-state index is -3.08. The molecule has 0 saturated carbocycles. The molecule has 1 N–H and O–H groups in total. The van der Waals surface area contributed by atoms with Crippen LogP contribution in [0.2, 0.25) is 5.02 Å². The topological polar surface area (TPSA) is 49.4 Å². The van der Waals surface area contributed by atoms with Gasteiger partial charge in [-0.15, -0.1) is 0 Å². The van der Waals surface area contributed by atoms with Crippen LogP contribution in [-0.4, -0.2) is 38.6 Å². The summed E-state index contributed by atoms with van der Waals surface area (Å²) < 4.78 is 24.8. The maximum absolute atomic E-state index is 11.6. The highest BCUT2D eigenvalue weighted by Crippen LogP contribution is 2.26. The minimum absolute atomic E-state index is 0.328. The van der Waals surface area contributed by atoms with Gasteiger partial charge in [0.2, 0.25) is 10.0 Å². The monoisotopic (exact) mass is 316 g/mol. The summed E-state index contributed by atoms with van der Waals surface area (Å²) in [6, 6.07) is 5.80. The van der Waals surface area contributed by atoms with Crippen LogP contribution in [0.3, 0.4) is 0 Å². The Bertz CT molecular complexity index is 554. The molecule has 0 aliphatic carbocycles. The normalized spacial score (nSPS) is 20.9. The smallest absolute Gasteiger partial charge is 0.211 e. The number of halogens is 1. The van der Waals surface area contributed by atoms with Crippen LogP contribution in [0.5, 0.6) is 0 Å². The summed E-state index contributed by atoms with van der Waals surface area (Å²) in [4.78, 5) is 0. The van der Waals surface area contributed by atoms with Crippen LogP contribution in [0.15, 0.2) is 18.2 Å². The lowest BCUT2D eigenvalue weighted by Crippen LogP contribution is -2.41. The highest BCUT2D eigenvalue weighted by Gasteiger charge is 2.25.